The Bertz CT molecular complexity index is 983. The van der Waals surface area contributed by atoms with Gasteiger partial charge in [0.1, 0.15) is 0 Å². The van der Waals surface area contributed by atoms with E-state index in [1.165, 1.54) is 25.3 Å². The van der Waals surface area contributed by atoms with E-state index in [9.17, 15) is 18.0 Å². The average Bonchev–Trinajstić information content (AvgIpc) is 2.64. The lowest BCUT2D eigenvalue weighted by Gasteiger charge is -2.21. The largest absolute Gasteiger partial charge is 0.465 e. The first-order chi connectivity index (χ1) is 13.5. The molecule has 2 rings (SSSR count). The number of hydrazine groups is 1. The van der Waals surface area contributed by atoms with Gasteiger partial charge in [-0.3, -0.25) is 15.6 Å². The van der Waals surface area contributed by atoms with Gasteiger partial charge in [0.25, 0.3) is 0 Å². The molecule has 0 saturated carbocycles. The highest BCUT2D eigenvalue weighted by Gasteiger charge is 2.27. The van der Waals surface area contributed by atoms with Gasteiger partial charge in [-0.2, -0.15) is 0 Å². The van der Waals surface area contributed by atoms with Crippen molar-refractivity contribution in [3.63, 3.8) is 0 Å². The molecule has 0 bridgehead atoms. The minimum Gasteiger partial charge on any atom is -0.465 e. The Morgan fingerprint density at radius 1 is 1.03 bits per heavy atom. The summed E-state index contributed by atoms with van der Waals surface area (Å²) in [6, 6.07) is 13.3. The van der Waals surface area contributed by atoms with Crippen LogP contribution in [0.15, 0.2) is 53.4 Å². The molecule has 3 N–H and O–H groups in total. The van der Waals surface area contributed by atoms with Crippen LogP contribution in [-0.2, 0) is 26.0 Å². The lowest BCUT2D eigenvalue weighted by molar-refractivity contribution is -0.119. The highest BCUT2D eigenvalue weighted by Crippen LogP contribution is 2.23. The van der Waals surface area contributed by atoms with Crippen molar-refractivity contribution in [1.29, 1.82) is 0 Å². The molecule has 2 aromatic carbocycles. The lowest BCUT2D eigenvalue weighted by Crippen LogP contribution is -2.41. The van der Waals surface area contributed by atoms with E-state index < -0.39 is 21.5 Å². The third-order valence-corrected chi connectivity index (χ3v) is 5.47. The summed E-state index contributed by atoms with van der Waals surface area (Å²) in [5, 5.41) is 0. The van der Waals surface area contributed by atoms with Crippen LogP contribution in [0.5, 0.6) is 0 Å². The summed E-state index contributed by atoms with van der Waals surface area (Å²) in [5.74, 6) is -1.08. The van der Waals surface area contributed by atoms with Gasteiger partial charge in [0.05, 0.1) is 29.7 Å². The molecule has 9 heteroatoms. The maximum atomic E-state index is 12.8. The Morgan fingerprint density at radius 2 is 1.69 bits per heavy atom. The molecule has 156 valence electrons. The van der Waals surface area contributed by atoms with Crippen LogP contribution in [0, 0.1) is 0 Å². The van der Waals surface area contributed by atoms with E-state index in [-0.39, 0.29) is 22.8 Å². The van der Waals surface area contributed by atoms with Crippen molar-refractivity contribution >= 4 is 27.6 Å². The van der Waals surface area contributed by atoms with E-state index in [2.05, 4.69) is 20.3 Å². The summed E-state index contributed by atoms with van der Waals surface area (Å²) in [6.07, 6.45) is 0.158. The number of hydrogen-bond acceptors (Lipinski definition) is 6. The summed E-state index contributed by atoms with van der Waals surface area (Å²) in [7, 11) is -2.84. The molecule has 2 aromatic rings. The standard InChI is InChI=1S/C20H25N3O5S/c1-20(2,3)23-29(26,27)17-13-15(10-11-16(17)19(25)28-4)21-22-18(24)12-14-8-6-5-7-9-14/h5-11,13,21,23H,12H2,1-4H3,(H,22,24). The average molecular weight is 420 g/mol. The van der Waals surface area contributed by atoms with Crippen molar-refractivity contribution < 1.29 is 22.7 Å². The molecule has 0 aromatic heterocycles. The van der Waals surface area contributed by atoms with Gasteiger partial charge < -0.3 is 4.74 Å². The number of hydrogen-bond donors (Lipinski definition) is 3. The molecular formula is C20H25N3O5S. The second kappa shape index (κ2) is 9.06. The number of carbonyl (C=O) groups excluding carboxylic acids is 2. The number of carbonyl (C=O) groups is 2. The number of methoxy groups -OCH3 is 1. The number of benzene rings is 2. The minimum absolute atomic E-state index is 0.106. The smallest absolute Gasteiger partial charge is 0.339 e. The number of amides is 1. The first-order valence-corrected chi connectivity index (χ1v) is 10.4. The zero-order chi connectivity index (χ0) is 21.7. The maximum absolute atomic E-state index is 12.8. The Morgan fingerprint density at radius 3 is 2.28 bits per heavy atom. The molecule has 0 saturated heterocycles. The van der Waals surface area contributed by atoms with Gasteiger partial charge in [0.2, 0.25) is 15.9 Å². The van der Waals surface area contributed by atoms with Gasteiger partial charge in [-0.05, 0) is 44.5 Å². The van der Waals surface area contributed by atoms with Gasteiger partial charge in [-0.25, -0.2) is 17.9 Å². The molecule has 0 aliphatic carbocycles. The maximum Gasteiger partial charge on any atom is 0.339 e. The quantitative estimate of drug-likeness (QED) is 0.469. The van der Waals surface area contributed by atoms with Crippen LogP contribution in [0.1, 0.15) is 36.7 Å². The first kappa shape index (κ1) is 22.4. The van der Waals surface area contributed by atoms with E-state index in [4.69, 9.17) is 0 Å². The molecule has 1 amide bonds. The minimum atomic E-state index is -4.02. The highest BCUT2D eigenvalue weighted by molar-refractivity contribution is 7.89. The van der Waals surface area contributed by atoms with Gasteiger partial charge in [-0.15, -0.1) is 0 Å². The Hall–Kier alpha value is -2.91. The van der Waals surface area contributed by atoms with Crippen molar-refractivity contribution in [3.05, 3.63) is 59.7 Å². The summed E-state index contributed by atoms with van der Waals surface area (Å²) < 4.78 is 32.8. The van der Waals surface area contributed by atoms with Gasteiger partial charge in [0, 0.05) is 5.54 Å². The van der Waals surface area contributed by atoms with Crippen molar-refractivity contribution in [2.75, 3.05) is 12.5 Å². The molecule has 0 atom stereocenters. The third kappa shape index (κ3) is 6.58. The van der Waals surface area contributed by atoms with Crippen LogP contribution >= 0.6 is 0 Å². The number of rotatable bonds is 7. The van der Waals surface area contributed by atoms with Crippen LogP contribution in [0.25, 0.3) is 0 Å². The van der Waals surface area contributed by atoms with Gasteiger partial charge >= 0.3 is 5.97 Å². The second-order valence-corrected chi connectivity index (χ2v) is 9.04. The number of nitrogens with one attached hydrogen (secondary N) is 3. The highest BCUT2D eigenvalue weighted by atomic mass is 32.2. The zero-order valence-corrected chi connectivity index (χ0v) is 17.6. The molecule has 0 radical (unpaired) electrons. The van der Waals surface area contributed by atoms with Crippen LogP contribution in [0.3, 0.4) is 0 Å². The fourth-order valence-electron chi connectivity index (χ4n) is 2.53. The summed E-state index contributed by atoms with van der Waals surface area (Å²) in [5.41, 5.74) is 5.48. The molecule has 29 heavy (non-hydrogen) atoms. The normalized spacial score (nSPS) is 11.6. The molecular weight excluding hydrogens is 394 g/mol. The lowest BCUT2D eigenvalue weighted by atomic mass is 10.1. The van der Waals surface area contributed by atoms with Crippen LogP contribution in [0.2, 0.25) is 0 Å². The molecule has 0 aliphatic rings. The van der Waals surface area contributed by atoms with Crippen molar-refractivity contribution in [2.45, 2.75) is 37.6 Å². The zero-order valence-electron chi connectivity index (χ0n) is 16.8. The Labute approximate surface area is 170 Å². The summed E-state index contributed by atoms with van der Waals surface area (Å²) >= 11 is 0. The number of sulfonamides is 1. The van der Waals surface area contributed by atoms with Gasteiger partial charge in [-0.1, -0.05) is 30.3 Å². The Balaban J connectivity index is 2.23. The number of ether oxygens (including phenoxy) is 1. The third-order valence-electron chi connectivity index (χ3n) is 3.67. The topological polar surface area (TPSA) is 114 Å². The van der Waals surface area contributed by atoms with E-state index in [1.807, 2.05) is 30.3 Å². The van der Waals surface area contributed by atoms with Gasteiger partial charge in [0.15, 0.2) is 0 Å². The molecule has 0 unspecified atom stereocenters. The number of anilines is 1. The second-order valence-electron chi connectivity index (χ2n) is 7.39. The van der Waals surface area contributed by atoms with Crippen LogP contribution in [0.4, 0.5) is 5.69 Å². The SMILES string of the molecule is COC(=O)c1ccc(NNC(=O)Cc2ccccc2)cc1S(=O)(=O)NC(C)(C)C. The first-order valence-electron chi connectivity index (χ1n) is 8.87. The molecule has 8 nitrogen and oxygen atoms in total. The summed E-state index contributed by atoms with van der Waals surface area (Å²) in [6.45, 7) is 5.07. The Kier molecular flexibility index (Phi) is 6.99. The van der Waals surface area contributed by atoms with Crippen LogP contribution in [-0.4, -0.2) is 32.9 Å². The molecule has 0 heterocycles. The summed E-state index contributed by atoms with van der Waals surface area (Å²) in [4.78, 5) is 23.9. The van der Waals surface area contributed by atoms with E-state index in [1.54, 1.807) is 20.8 Å². The van der Waals surface area contributed by atoms with E-state index in [0.717, 1.165) is 5.56 Å². The molecule has 0 aliphatic heterocycles. The van der Waals surface area contributed by atoms with E-state index in [0.29, 0.717) is 5.69 Å². The van der Waals surface area contributed by atoms with Crippen molar-refractivity contribution in [1.82, 2.24) is 10.1 Å². The monoisotopic (exact) mass is 419 g/mol. The fraction of sp³-hybridized carbons (Fsp3) is 0.300. The van der Waals surface area contributed by atoms with Crippen molar-refractivity contribution in [2.24, 2.45) is 0 Å². The van der Waals surface area contributed by atoms with Crippen LogP contribution < -0.4 is 15.6 Å². The van der Waals surface area contributed by atoms with Crippen molar-refractivity contribution in [3.8, 4) is 0 Å². The predicted octanol–water partition coefficient (Wildman–Crippen LogP) is 2.24. The van der Waals surface area contributed by atoms with E-state index >= 15 is 0 Å². The fourth-order valence-corrected chi connectivity index (χ4v) is 4.17. The number of esters is 1. The molecule has 0 spiro atoms. The molecule has 0 fully saturated rings. The predicted molar refractivity (Wildman–Crippen MR) is 110 cm³/mol.